The van der Waals surface area contributed by atoms with E-state index < -0.39 is 30.0 Å². The highest BCUT2D eigenvalue weighted by Crippen LogP contribution is 2.47. The summed E-state index contributed by atoms with van der Waals surface area (Å²) in [6, 6.07) is 31.1. The molecule has 7 aromatic rings. The summed E-state index contributed by atoms with van der Waals surface area (Å²) in [5.41, 5.74) is 3.94. The Morgan fingerprint density at radius 2 is 1.12 bits per heavy atom. The number of fused-ring (bicyclic) bond motifs is 5. The lowest BCUT2D eigenvalue weighted by Crippen LogP contribution is -2.56. The molecule has 0 aromatic heterocycles. The molecule has 2 aliphatic heterocycles. The van der Waals surface area contributed by atoms with Crippen molar-refractivity contribution in [3.63, 3.8) is 0 Å². The van der Waals surface area contributed by atoms with Gasteiger partial charge < -0.3 is 4.90 Å². The fourth-order valence-electron chi connectivity index (χ4n) is 7.14. The minimum absolute atomic E-state index is 0.188. The van der Waals surface area contributed by atoms with Crippen LogP contribution in [0, 0.1) is 23.3 Å². The van der Waals surface area contributed by atoms with Gasteiger partial charge in [-0.1, -0.05) is 90.4 Å². The van der Waals surface area contributed by atoms with Crippen LogP contribution in [0.3, 0.4) is 0 Å². The van der Waals surface area contributed by atoms with Gasteiger partial charge in [0.15, 0.2) is 23.3 Å². The van der Waals surface area contributed by atoms with Gasteiger partial charge in [0.2, 0.25) is 0 Å². The smallest absolute Gasteiger partial charge is 0.252 e. The van der Waals surface area contributed by atoms with Gasteiger partial charge in [-0.15, -0.1) is 0 Å². The Morgan fingerprint density at radius 1 is 0.475 bits per heavy atom. The summed E-state index contributed by atoms with van der Waals surface area (Å²) >= 11 is 0. The minimum atomic E-state index is -1.81. The van der Waals surface area contributed by atoms with E-state index in [9.17, 15) is 4.39 Å². The van der Waals surface area contributed by atoms with Crippen LogP contribution in [0.15, 0.2) is 97.1 Å². The summed E-state index contributed by atoms with van der Waals surface area (Å²) in [7, 11) is 0. The molecular formula is C34H16BF4N. The van der Waals surface area contributed by atoms with Crippen molar-refractivity contribution in [2.75, 3.05) is 4.90 Å². The SMILES string of the molecule is Fc1c(F)c(F)c2c(c1F)B1c3ccccc3-c3cccc(c31)N2c1ccc2ccc3cccc4ccc1c2c34. The third-order valence-corrected chi connectivity index (χ3v) is 8.71. The first-order valence-electron chi connectivity index (χ1n) is 13.1. The second kappa shape index (κ2) is 7.42. The molecule has 0 aliphatic carbocycles. The van der Waals surface area contributed by atoms with Gasteiger partial charge >= 0.3 is 0 Å². The topological polar surface area (TPSA) is 3.24 Å². The summed E-state index contributed by atoms with van der Waals surface area (Å²) in [5.74, 6) is -6.37. The number of hydrogen-bond acceptors (Lipinski definition) is 1. The van der Waals surface area contributed by atoms with Crippen molar-refractivity contribution in [3.8, 4) is 11.1 Å². The third-order valence-electron chi connectivity index (χ3n) is 8.71. The molecule has 0 saturated carbocycles. The molecule has 1 nitrogen and oxygen atoms in total. The summed E-state index contributed by atoms with van der Waals surface area (Å²) in [6.45, 7) is -0.766. The Morgan fingerprint density at radius 3 is 1.95 bits per heavy atom. The van der Waals surface area contributed by atoms with Crippen LogP contribution in [0.4, 0.5) is 34.6 Å². The van der Waals surface area contributed by atoms with Crippen LogP contribution in [-0.2, 0) is 0 Å². The minimum Gasteiger partial charge on any atom is -0.308 e. The molecule has 2 aliphatic rings. The van der Waals surface area contributed by atoms with Crippen molar-refractivity contribution in [1.29, 1.82) is 0 Å². The van der Waals surface area contributed by atoms with E-state index in [1.54, 1.807) is 4.90 Å². The predicted molar refractivity (Wildman–Crippen MR) is 155 cm³/mol. The van der Waals surface area contributed by atoms with Crippen molar-refractivity contribution >= 4 is 72.5 Å². The largest absolute Gasteiger partial charge is 0.308 e. The van der Waals surface area contributed by atoms with Crippen LogP contribution < -0.4 is 21.3 Å². The Kier molecular flexibility index (Phi) is 4.09. The zero-order valence-corrected chi connectivity index (χ0v) is 20.8. The number of hydrogen-bond donors (Lipinski definition) is 0. The van der Waals surface area contributed by atoms with E-state index in [1.165, 1.54) is 0 Å². The van der Waals surface area contributed by atoms with Gasteiger partial charge in [-0.2, -0.15) is 0 Å². The van der Waals surface area contributed by atoms with Crippen LogP contribution in [0.2, 0.25) is 0 Å². The fraction of sp³-hybridized carbons (Fsp3) is 0. The predicted octanol–water partition coefficient (Wildman–Crippen LogP) is 7.42. The highest BCUT2D eigenvalue weighted by atomic mass is 19.2. The van der Waals surface area contributed by atoms with Gasteiger partial charge in [0.05, 0.1) is 11.4 Å². The fourth-order valence-corrected chi connectivity index (χ4v) is 7.14. The molecule has 0 radical (unpaired) electrons. The van der Waals surface area contributed by atoms with Gasteiger partial charge in [-0.25, -0.2) is 17.6 Å². The van der Waals surface area contributed by atoms with Gasteiger partial charge in [-0.05, 0) is 61.1 Å². The Hall–Kier alpha value is -4.84. The van der Waals surface area contributed by atoms with Crippen molar-refractivity contribution in [1.82, 2.24) is 0 Å². The zero-order valence-electron chi connectivity index (χ0n) is 20.8. The molecule has 9 rings (SSSR count). The van der Waals surface area contributed by atoms with E-state index in [2.05, 4.69) is 6.07 Å². The maximum absolute atomic E-state index is 16.0. The van der Waals surface area contributed by atoms with Crippen molar-refractivity contribution in [2.24, 2.45) is 0 Å². The van der Waals surface area contributed by atoms with E-state index >= 15 is 13.2 Å². The average molecular weight is 525 g/mol. The molecule has 188 valence electrons. The molecule has 0 atom stereocenters. The zero-order chi connectivity index (χ0) is 26.9. The van der Waals surface area contributed by atoms with Crippen LogP contribution in [-0.4, -0.2) is 6.71 Å². The Labute approximate surface area is 226 Å². The summed E-state index contributed by atoms with van der Waals surface area (Å²) in [4.78, 5) is 1.59. The second-order valence-electron chi connectivity index (χ2n) is 10.6. The first-order chi connectivity index (χ1) is 19.5. The first kappa shape index (κ1) is 22.0. The summed E-state index contributed by atoms with van der Waals surface area (Å²) in [6.07, 6.45) is 0. The van der Waals surface area contributed by atoms with E-state index in [-0.39, 0.29) is 11.2 Å². The van der Waals surface area contributed by atoms with Crippen LogP contribution in [0.25, 0.3) is 43.4 Å². The van der Waals surface area contributed by atoms with E-state index in [0.29, 0.717) is 11.4 Å². The number of nitrogens with zero attached hydrogens (tertiary/aromatic N) is 1. The molecule has 0 bridgehead atoms. The maximum atomic E-state index is 16.0. The Balaban J connectivity index is 1.46. The van der Waals surface area contributed by atoms with Crippen LogP contribution in [0.5, 0.6) is 0 Å². The van der Waals surface area contributed by atoms with E-state index in [0.717, 1.165) is 54.4 Å². The van der Waals surface area contributed by atoms with Gasteiger partial charge in [-0.3, -0.25) is 0 Å². The molecular weight excluding hydrogens is 509 g/mol. The lowest BCUT2D eigenvalue weighted by atomic mass is 9.37. The lowest BCUT2D eigenvalue weighted by molar-refractivity contribution is 0.413. The van der Waals surface area contributed by atoms with E-state index in [1.807, 2.05) is 91.0 Å². The summed E-state index contributed by atoms with van der Waals surface area (Å²) in [5, 5.41) is 5.99. The monoisotopic (exact) mass is 525 g/mol. The molecule has 6 heteroatoms. The lowest BCUT2D eigenvalue weighted by Gasteiger charge is -2.37. The molecule has 0 unspecified atom stereocenters. The molecule has 0 amide bonds. The molecule has 0 spiro atoms. The highest BCUT2D eigenvalue weighted by molar-refractivity contribution is 7.01. The third kappa shape index (κ3) is 2.50. The first-order valence-corrected chi connectivity index (χ1v) is 13.1. The van der Waals surface area contributed by atoms with E-state index in [4.69, 9.17) is 0 Å². The summed E-state index contributed by atoms with van der Waals surface area (Å²) < 4.78 is 61.8. The van der Waals surface area contributed by atoms with Crippen molar-refractivity contribution in [2.45, 2.75) is 0 Å². The van der Waals surface area contributed by atoms with Crippen LogP contribution in [0.1, 0.15) is 0 Å². The highest BCUT2D eigenvalue weighted by Gasteiger charge is 2.47. The van der Waals surface area contributed by atoms with Gasteiger partial charge in [0.1, 0.15) is 0 Å². The maximum Gasteiger partial charge on any atom is 0.252 e. The molecule has 0 saturated heterocycles. The van der Waals surface area contributed by atoms with Crippen molar-refractivity contribution in [3.05, 3.63) is 120 Å². The molecule has 40 heavy (non-hydrogen) atoms. The van der Waals surface area contributed by atoms with Crippen LogP contribution >= 0.6 is 0 Å². The number of halogens is 4. The molecule has 7 aromatic carbocycles. The molecule has 0 N–H and O–H groups in total. The number of anilines is 3. The Bertz CT molecular complexity index is 2230. The standard InChI is InChI=1S/C34H16BF4N/c36-30-29-34(33(39)32(38)31(30)37)40(25-10-4-8-21-20-7-1-2-9-23(20)35(29)28(21)25)24-16-14-19-12-11-17-5-3-6-18-13-15-22(24)27(19)26(17)18/h1-16H. The molecule has 0 fully saturated rings. The molecule has 2 heterocycles. The van der Waals surface area contributed by atoms with Gasteiger partial charge in [0.25, 0.3) is 6.71 Å². The van der Waals surface area contributed by atoms with Gasteiger partial charge in [0, 0.05) is 11.1 Å². The van der Waals surface area contributed by atoms with Crippen molar-refractivity contribution < 1.29 is 17.6 Å². The average Bonchev–Trinajstić information content (AvgIpc) is 3.33. The second-order valence-corrected chi connectivity index (χ2v) is 10.6. The normalized spacial score (nSPS) is 13.4. The number of benzene rings is 7. The number of rotatable bonds is 1. The quantitative estimate of drug-likeness (QED) is 0.0709.